The highest BCUT2D eigenvalue weighted by molar-refractivity contribution is 5.82. The van der Waals surface area contributed by atoms with E-state index in [1.165, 1.54) is 13.2 Å². The van der Waals surface area contributed by atoms with Gasteiger partial charge in [0.25, 0.3) is 0 Å². The molecular weight excluding hydrogens is 599 g/mol. The molecule has 2 fully saturated rings. The van der Waals surface area contributed by atoms with Gasteiger partial charge in [0, 0.05) is 57.4 Å². The topological polar surface area (TPSA) is 77.5 Å². The van der Waals surface area contributed by atoms with Crippen LogP contribution >= 0.6 is 0 Å². The predicted octanol–water partition coefficient (Wildman–Crippen LogP) is 7.45. The molecule has 0 aromatic heterocycles. The monoisotopic (exact) mass is 646 g/mol. The van der Waals surface area contributed by atoms with Crippen molar-refractivity contribution in [1.82, 2.24) is 9.80 Å². The number of carbonyl (C=O) groups excluding carboxylic acids is 2. The Labute approximate surface area is 277 Å². The van der Waals surface area contributed by atoms with Gasteiger partial charge in [0.15, 0.2) is 11.6 Å². The molecule has 2 atom stereocenters. The first kappa shape index (κ1) is 34.2. The van der Waals surface area contributed by atoms with Crippen molar-refractivity contribution < 1.29 is 32.9 Å². The van der Waals surface area contributed by atoms with Gasteiger partial charge in [-0.05, 0) is 68.7 Å². The largest absolute Gasteiger partial charge is 0.494 e. The van der Waals surface area contributed by atoms with E-state index in [4.69, 9.17) is 18.9 Å². The Bertz CT molecular complexity index is 1520. The second-order valence-corrected chi connectivity index (χ2v) is 13.4. The van der Waals surface area contributed by atoms with Gasteiger partial charge < -0.3 is 28.7 Å². The van der Waals surface area contributed by atoms with Gasteiger partial charge in [-0.3, -0.25) is 4.79 Å². The summed E-state index contributed by atoms with van der Waals surface area (Å²) in [7, 11) is 3.05. The molecule has 1 saturated carbocycles. The van der Waals surface area contributed by atoms with Crippen molar-refractivity contribution in [3.05, 3.63) is 83.7 Å². The van der Waals surface area contributed by atoms with E-state index in [2.05, 4.69) is 30.3 Å². The maximum absolute atomic E-state index is 15.7. The minimum atomic E-state index is -0.662. The number of piperidine rings is 1. The fourth-order valence-electron chi connectivity index (χ4n) is 6.21. The number of hydrogen-bond donors (Lipinski definition) is 0. The Kier molecular flexibility index (Phi) is 11.1. The number of likely N-dealkylation sites (tertiary alicyclic amines) is 1. The van der Waals surface area contributed by atoms with E-state index >= 15 is 4.39 Å². The Morgan fingerprint density at radius 3 is 2.36 bits per heavy atom. The number of amides is 2. The zero-order chi connectivity index (χ0) is 33.6. The highest BCUT2D eigenvalue weighted by Crippen LogP contribution is 2.40. The summed E-state index contributed by atoms with van der Waals surface area (Å²) in [6.45, 7) is 7.21. The normalized spacial score (nSPS) is 18.0. The van der Waals surface area contributed by atoms with Crippen LogP contribution in [0.2, 0.25) is 0 Å². The first-order chi connectivity index (χ1) is 22.6. The fraction of sp³-hybridized carbons (Fsp3) is 0.474. The van der Waals surface area contributed by atoms with Gasteiger partial charge in [0.2, 0.25) is 5.91 Å². The number of carbonyl (C=O) groups is 2. The zero-order valence-electron chi connectivity index (χ0n) is 28.2. The van der Waals surface area contributed by atoms with Crippen molar-refractivity contribution >= 4 is 12.0 Å². The van der Waals surface area contributed by atoms with E-state index in [0.717, 1.165) is 29.5 Å². The van der Waals surface area contributed by atoms with Crippen molar-refractivity contribution in [3.8, 4) is 22.6 Å². The number of methoxy groups -OCH3 is 2. The Morgan fingerprint density at radius 1 is 0.936 bits per heavy atom. The van der Waals surface area contributed by atoms with Crippen LogP contribution in [-0.2, 0) is 20.8 Å². The van der Waals surface area contributed by atoms with Gasteiger partial charge in [0.05, 0.1) is 19.6 Å². The third kappa shape index (κ3) is 8.83. The standard InChI is InChI=1S/C38H47FN2O6/c1-38(2,3)47-37(43)40-18-17-32(28-14-9-13-27(21-28)26-11-7-6-8-12-26)33(25-40)36(42)41(30-15-16-30)24-29-22-31(46-20-10-19-44-4)23-34(45-5)35(29)39/h6-9,11-14,21-23,30,32-33H,10,15-20,24-25H2,1-5H3/t32-,33+/m1/s1. The lowest BCUT2D eigenvalue weighted by molar-refractivity contribution is -0.139. The van der Waals surface area contributed by atoms with Crippen LogP contribution in [0.25, 0.3) is 11.1 Å². The number of hydrogen-bond acceptors (Lipinski definition) is 6. The van der Waals surface area contributed by atoms with Crippen LogP contribution in [-0.4, -0.2) is 74.0 Å². The first-order valence-electron chi connectivity index (χ1n) is 16.5. The highest BCUT2D eigenvalue weighted by Gasteiger charge is 2.43. The van der Waals surface area contributed by atoms with Gasteiger partial charge in [0.1, 0.15) is 11.4 Å². The summed E-state index contributed by atoms with van der Waals surface area (Å²) in [5.74, 6) is -0.747. The molecule has 9 heteroatoms. The van der Waals surface area contributed by atoms with E-state index in [-0.39, 0.29) is 36.7 Å². The lowest BCUT2D eigenvalue weighted by Crippen LogP contribution is -2.51. The molecule has 3 aromatic rings. The lowest BCUT2D eigenvalue weighted by atomic mass is 9.79. The molecule has 5 rings (SSSR count). The minimum absolute atomic E-state index is 0.00706. The number of ether oxygens (including phenoxy) is 4. The molecule has 0 N–H and O–H groups in total. The Hall–Kier alpha value is -4.11. The van der Waals surface area contributed by atoms with E-state index in [1.54, 1.807) is 23.0 Å². The number of halogens is 1. The molecule has 0 radical (unpaired) electrons. The molecule has 0 spiro atoms. The maximum atomic E-state index is 15.7. The summed E-state index contributed by atoms with van der Waals surface area (Å²) < 4.78 is 37.8. The van der Waals surface area contributed by atoms with Crippen LogP contribution in [0.15, 0.2) is 66.7 Å². The lowest BCUT2D eigenvalue weighted by Gasteiger charge is -2.40. The third-order valence-corrected chi connectivity index (χ3v) is 8.68. The average Bonchev–Trinajstić information content (AvgIpc) is 3.91. The summed E-state index contributed by atoms with van der Waals surface area (Å²) >= 11 is 0. The van der Waals surface area contributed by atoms with Gasteiger partial charge in [-0.15, -0.1) is 0 Å². The maximum Gasteiger partial charge on any atom is 0.410 e. The molecule has 1 aliphatic carbocycles. The molecule has 1 heterocycles. The molecule has 47 heavy (non-hydrogen) atoms. The molecule has 0 bridgehead atoms. The quantitative estimate of drug-likeness (QED) is 0.190. The Balaban J connectivity index is 1.46. The summed E-state index contributed by atoms with van der Waals surface area (Å²) in [6.07, 6.45) is 2.53. The average molecular weight is 647 g/mol. The first-order valence-corrected chi connectivity index (χ1v) is 16.5. The molecule has 0 unspecified atom stereocenters. The van der Waals surface area contributed by atoms with Gasteiger partial charge >= 0.3 is 6.09 Å². The molecule has 2 amide bonds. The predicted molar refractivity (Wildman–Crippen MR) is 179 cm³/mol. The van der Waals surface area contributed by atoms with Crippen LogP contribution in [0.4, 0.5) is 9.18 Å². The Morgan fingerprint density at radius 2 is 1.68 bits per heavy atom. The third-order valence-electron chi connectivity index (χ3n) is 8.68. The van der Waals surface area contributed by atoms with Crippen LogP contribution in [0.5, 0.6) is 11.5 Å². The SMILES string of the molecule is COCCCOc1cc(CN(C(=O)[C@H]2CN(C(=O)OC(C)(C)C)CC[C@@H]2c2cccc(-c3ccccc3)c2)C2CC2)c(F)c(OC)c1. The molecule has 2 aliphatic rings. The molecule has 3 aromatic carbocycles. The number of nitrogens with zero attached hydrogens (tertiary/aromatic N) is 2. The van der Waals surface area contributed by atoms with Crippen molar-refractivity contribution in [1.29, 1.82) is 0 Å². The van der Waals surface area contributed by atoms with Crippen molar-refractivity contribution in [2.75, 3.05) is 40.5 Å². The smallest absolute Gasteiger partial charge is 0.410 e. The second kappa shape index (κ2) is 15.2. The summed E-state index contributed by atoms with van der Waals surface area (Å²) in [6, 6.07) is 21.6. The van der Waals surface area contributed by atoms with E-state index < -0.39 is 23.4 Å². The van der Waals surface area contributed by atoms with Gasteiger partial charge in [-0.2, -0.15) is 0 Å². The fourth-order valence-corrected chi connectivity index (χ4v) is 6.21. The molecule has 252 valence electrons. The van der Waals surface area contributed by atoms with Gasteiger partial charge in [-0.25, -0.2) is 9.18 Å². The number of benzene rings is 3. The number of rotatable bonds is 12. The van der Waals surface area contributed by atoms with E-state index in [0.29, 0.717) is 43.9 Å². The van der Waals surface area contributed by atoms with Crippen molar-refractivity contribution in [2.24, 2.45) is 5.92 Å². The zero-order valence-corrected chi connectivity index (χ0v) is 28.2. The molecule has 1 aliphatic heterocycles. The van der Waals surface area contributed by atoms with Crippen LogP contribution < -0.4 is 9.47 Å². The highest BCUT2D eigenvalue weighted by atomic mass is 19.1. The van der Waals surface area contributed by atoms with Crippen LogP contribution in [0.1, 0.15) is 63.5 Å². The van der Waals surface area contributed by atoms with E-state index in [9.17, 15) is 9.59 Å². The summed E-state index contributed by atoms with van der Waals surface area (Å²) in [4.78, 5) is 31.4. The second-order valence-electron chi connectivity index (χ2n) is 13.4. The minimum Gasteiger partial charge on any atom is -0.494 e. The van der Waals surface area contributed by atoms with E-state index in [1.807, 2.05) is 45.0 Å². The van der Waals surface area contributed by atoms with Crippen LogP contribution in [0.3, 0.4) is 0 Å². The van der Waals surface area contributed by atoms with Crippen molar-refractivity contribution in [2.45, 2.75) is 70.6 Å². The molecular formula is C38H47FN2O6. The molecule has 1 saturated heterocycles. The summed E-state index contributed by atoms with van der Waals surface area (Å²) in [5.41, 5.74) is 2.87. The van der Waals surface area contributed by atoms with Crippen molar-refractivity contribution in [3.63, 3.8) is 0 Å². The van der Waals surface area contributed by atoms with Gasteiger partial charge in [-0.1, -0.05) is 54.6 Å². The summed E-state index contributed by atoms with van der Waals surface area (Å²) in [5, 5.41) is 0. The van der Waals surface area contributed by atoms with Crippen LogP contribution in [0, 0.1) is 11.7 Å². The molecule has 8 nitrogen and oxygen atoms in total.